The minimum atomic E-state index is -0.188. The number of nitriles is 1. The molecule has 128 valence electrons. The number of rotatable bonds is 8. The minimum Gasteiger partial charge on any atom is -0.493 e. The van der Waals surface area contributed by atoms with Crippen LogP contribution in [0.25, 0.3) is 0 Å². The third-order valence-electron chi connectivity index (χ3n) is 3.53. The molecule has 0 bridgehead atoms. The van der Waals surface area contributed by atoms with Crippen molar-refractivity contribution in [3.05, 3.63) is 65.7 Å². The Morgan fingerprint density at radius 3 is 2.56 bits per heavy atom. The summed E-state index contributed by atoms with van der Waals surface area (Å²) in [6, 6.07) is 19.7. The molecule has 0 aliphatic rings. The summed E-state index contributed by atoms with van der Waals surface area (Å²) < 4.78 is 5.74. The van der Waals surface area contributed by atoms with Gasteiger partial charge in [0.1, 0.15) is 5.75 Å². The molecule has 0 spiro atoms. The number of hydrogen-bond donors (Lipinski definition) is 0. The monoisotopic (exact) mass is 335 g/mol. The Morgan fingerprint density at radius 2 is 1.92 bits per heavy atom. The normalized spacial score (nSPS) is 10.4. The van der Waals surface area contributed by atoms with Crippen LogP contribution >= 0.6 is 0 Å². The molecule has 1 amide bonds. The predicted molar refractivity (Wildman–Crippen MR) is 97.3 cm³/mol. The van der Waals surface area contributed by atoms with Gasteiger partial charge in [-0.1, -0.05) is 30.3 Å². The molecule has 0 saturated heterocycles. The fourth-order valence-corrected chi connectivity index (χ4v) is 2.17. The largest absolute Gasteiger partial charge is 0.493 e. The second-order valence-corrected chi connectivity index (χ2v) is 5.45. The van der Waals surface area contributed by atoms with Gasteiger partial charge in [0.2, 0.25) is 5.91 Å². The van der Waals surface area contributed by atoms with Gasteiger partial charge in [-0.25, -0.2) is 5.01 Å². The van der Waals surface area contributed by atoms with Crippen LogP contribution in [0.5, 0.6) is 5.75 Å². The van der Waals surface area contributed by atoms with Gasteiger partial charge in [0, 0.05) is 13.3 Å². The number of ether oxygens (including phenoxy) is 1. The van der Waals surface area contributed by atoms with Crippen molar-refractivity contribution in [2.24, 2.45) is 5.10 Å². The van der Waals surface area contributed by atoms with Crippen molar-refractivity contribution >= 4 is 12.1 Å². The highest BCUT2D eigenvalue weighted by atomic mass is 16.5. The first-order valence-corrected chi connectivity index (χ1v) is 8.15. The van der Waals surface area contributed by atoms with E-state index in [-0.39, 0.29) is 12.3 Å². The first kappa shape index (κ1) is 18.2. The van der Waals surface area contributed by atoms with Gasteiger partial charge < -0.3 is 4.74 Å². The third-order valence-corrected chi connectivity index (χ3v) is 3.53. The van der Waals surface area contributed by atoms with Gasteiger partial charge in [-0.15, -0.1) is 0 Å². The smallest absolute Gasteiger partial charge is 0.239 e. The molecule has 2 aromatic carbocycles. The first-order valence-electron chi connectivity index (χ1n) is 8.15. The zero-order chi connectivity index (χ0) is 17.9. The number of benzene rings is 2. The van der Waals surface area contributed by atoms with Crippen molar-refractivity contribution in [2.45, 2.75) is 19.8 Å². The molecule has 0 radical (unpaired) electrons. The van der Waals surface area contributed by atoms with E-state index >= 15 is 0 Å². The molecule has 0 N–H and O–H groups in total. The summed E-state index contributed by atoms with van der Waals surface area (Å²) in [6.07, 6.45) is 2.72. The number of hydrazone groups is 1. The summed E-state index contributed by atoms with van der Waals surface area (Å²) in [6.45, 7) is 2.34. The van der Waals surface area contributed by atoms with Gasteiger partial charge in [-0.05, 0) is 35.4 Å². The molecular formula is C20H21N3O2. The lowest BCUT2D eigenvalue weighted by atomic mass is 10.2. The second-order valence-electron chi connectivity index (χ2n) is 5.45. The highest BCUT2D eigenvalue weighted by Gasteiger charge is 2.05. The lowest BCUT2D eigenvalue weighted by Crippen LogP contribution is -2.24. The van der Waals surface area contributed by atoms with E-state index in [1.54, 1.807) is 6.21 Å². The van der Waals surface area contributed by atoms with Crippen LogP contribution in [0, 0.1) is 11.3 Å². The molecule has 0 atom stereocenters. The maximum absolute atomic E-state index is 11.4. The Morgan fingerprint density at radius 1 is 1.20 bits per heavy atom. The van der Waals surface area contributed by atoms with Crippen LogP contribution in [0.1, 0.15) is 24.5 Å². The number of amides is 1. The van der Waals surface area contributed by atoms with E-state index in [2.05, 4.69) is 17.2 Å². The van der Waals surface area contributed by atoms with Crippen molar-refractivity contribution in [3.63, 3.8) is 0 Å². The van der Waals surface area contributed by atoms with Crippen molar-refractivity contribution in [3.8, 4) is 11.8 Å². The van der Waals surface area contributed by atoms with Crippen molar-refractivity contribution in [2.75, 3.05) is 13.2 Å². The zero-order valence-electron chi connectivity index (χ0n) is 14.3. The SMILES string of the molecule is CC(=O)N(CCC#N)/N=C/c1ccc(OCCc2ccccc2)cc1. The number of carbonyl (C=O) groups excluding carboxylic acids is 1. The van der Waals surface area contributed by atoms with Crippen LogP contribution in [0.4, 0.5) is 0 Å². The average molecular weight is 335 g/mol. The van der Waals surface area contributed by atoms with Crippen LogP contribution in [0.3, 0.4) is 0 Å². The summed E-state index contributed by atoms with van der Waals surface area (Å²) in [4.78, 5) is 11.4. The molecule has 2 aromatic rings. The van der Waals surface area contributed by atoms with Gasteiger partial charge in [0.15, 0.2) is 0 Å². The van der Waals surface area contributed by atoms with Gasteiger partial charge in [-0.2, -0.15) is 10.4 Å². The zero-order valence-corrected chi connectivity index (χ0v) is 14.3. The van der Waals surface area contributed by atoms with E-state index in [4.69, 9.17) is 10.00 Å². The molecule has 2 rings (SSSR count). The highest BCUT2D eigenvalue weighted by molar-refractivity contribution is 5.81. The Balaban J connectivity index is 1.85. The first-order chi connectivity index (χ1) is 12.2. The Hall–Kier alpha value is -3.13. The quantitative estimate of drug-likeness (QED) is 0.548. The molecule has 25 heavy (non-hydrogen) atoms. The van der Waals surface area contributed by atoms with Crippen LogP contribution < -0.4 is 4.74 Å². The molecule has 0 heterocycles. The van der Waals surface area contributed by atoms with E-state index in [0.717, 1.165) is 17.7 Å². The summed E-state index contributed by atoms with van der Waals surface area (Å²) in [7, 11) is 0. The maximum atomic E-state index is 11.4. The van der Waals surface area contributed by atoms with E-state index < -0.39 is 0 Å². The maximum Gasteiger partial charge on any atom is 0.239 e. The summed E-state index contributed by atoms with van der Waals surface area (Å²) >= 11 is 0. The fraction of sp³-hybridized carbons (Fsp3) is 0.250. The molecule has 5 heteroatoms. The van der Waals surface area contributed by atoms with Crippen molar-refractivity contribution < 1.29 is 9.53 Å². The Bertz CT molecular complexity index is 734. The van der Waals surface area contributed by atoms with Gasteiger partial charge in [0.25, 0.3) is 0 Å². The molecule has 0 aliphatic heterocycles. The van der Waals surface area contributed by atoms with Gasteiger partial charge in [-0.3, -0.25) is 4.79 Å². The summed E-state index contributed by atoms with van der Waals surface area (Å²) in [5, 5.41) is 14.0. The molecule has 5 nitrogen and oxygen atoms in total. The lowest BCUT2D eigenvalue weighted by molar-refractivity contribution is -0.128. The van der Waals surface area contributed by atoms with Crippen LogP contribution in [0.15, 0.2) is 59.7 Å². The Kier molecular flexibility index (Phi) is 7.20. The highest BCUT2D eigenvalue weighted by Crippen LogP contribution is 2.12. The molecule has 0 saturated carbocycles. The average Bonchev–Trinajstić information content (AvgIpc) is 2.63. The van der Waals surface area contributed by atoms with Gasteiger partial charge in [0.05, 0.1) is 31.9 Å². The van der Waals surface area contributed by atoms with Crippen molar-refractivity contribution in [1.29, 1.82) is 5.26 Å². The van der Waals surface area contributed by atoms with Crippen molar-refractivity contribution in [1.82, 2.24) is 5.01 Å². The summed E-state index contributed by atoms with van der Waals surface area (Å²) in [5.74, 6) is 0.605. The van der Waals surface area contributed by atoms with Crippen LogP contribution in [0.2, 0.25) is 0 Å². The van der Waals surface area contributed by atoms with E-state index in [1.165, 1.54) is 17.5 Å². The summed E-state index contributed by atoms with van der Waals surface area (Å²) in [5.41, 5.74) is 2.10. The lowest BCUT2D eigenvalue weighted by Gasteiger charge is -2.12. The number of carbonyl (C=O) groups is 1. The third kappa shape index (κ3) is 6.48. The molecular weight excluding hydrogens is 314 g/mol. The van der Waals surface area contributed by atoms with Gasteiger partial charge >= 0.3 is 0 Å². The van der Waals surface area contributed by atoms with E-state index in [1.807, 2.05) is 48.5 Å². The predicted octanol–water partition coefficient (Wildman–Crippen LogP) is 3.40. The number of nitrogens with zero attached hydrogens (tertiary/aromatic N) is 3. The van der Waals surface area contributed by atoms with Crippen LogP contribution in [-0.2, 0) is 11.2 Å². The van der Waals surface area contributed by atoms with E-state index in [0.29, 0.717) is 13.2 Å². The van der Waals surface area contributed by atoms with E-state index in [9.17, 15) is 4.79 Å². The topological polar surface area (TPSA) is 65.7 Å². The minimum absolute atomic E-state index is 0.188. The fourth-order valence-electron chi connectivity index (χ4n) is 2.17. The molecule has 0 unspecified atom stereocenters. The molecule has 0 fully saturated rings. The number of hydrogen-bond acceptors (Lipinski definition) is 4. The van der Waals surface area contributed by atoms with Crippen LogP contribution in [-0.4, -0.2) is 30.3 Å². The molecule has 0 aliphatic carbocycles. The Labute approximate surface area is 148 Å². The standard InChI is InChI=1S/C20H21N3O2/c1-17(24)23(14-5-13-21)22-16-19-8-10-20(11-9-19)25-15-12-18-6-3-2-4-7-18/h2-4,6-11,16H,5,12,14-15H2,1H3/b22-16+. The molecule has 0 aromatic heterocycles. The second kappa shape index (κ2) is 9.89.